The van der Waals surface area contributed by atoms with Gasteiger partial charge in [-0.15, -0.1) is 0 Å². The molecule has 0 bridgehead atoms. The van der Waals surface area contributed by atoms with E-state index >= 15 is 0 Å². The van der Waals surface area contributed by atoms with Gasteiger partial charge in [-0.2, -0.15) is 8.78 Å². The summed E-state index contributed by atoms with van der Waals surface area (Å²) in [7, 11) is 0. The van der Waals surface area contributed by atoms with Crippen LogP contribution in [0.3, 0.4) is 0 Å². The maximum Gasteiger partial charge on any atom is 0.387 e. The number of benzene rings is 2. The van der Waals surface area contributed by atoms with E-state index in [9.17, 15) is 18.4 Å². The molecule has 0 aliphatic rings. The van der Waals surface area contributed by atoms with Crippen molar-refractivity contribution in [3.05, 3.63) is 64.1 Å². The van der Waals surface area contributed by atoms with Crippen LogP contribution in [0.2, 0.25) is 10.0 Å². The Kier molecular flexibility index (Phi) is 7.57. The lowest BCUT2D eigenvalue weighted by Gasteiger charge is -2.08. The van der Waals surface area contributed by atoms with Crippen LogP contribution in [0.5, 0.6) is 5.75 Å². The van der Waals surface area contributed by atoms with Gasteiger partial charge in [0.25, 0.3) is 5.91 Å². The Balaban J connectivity index is 1.83. The number of para-hydroxylation sites is 1. The summed E-state index contributed by atoms with van der Waals surface area (Å²) in [4.78, 5) is 23.5. The lowest BCUT2D eigenvalue weighted by molar-refractivity contribution is -0.142. The number of rotatable bonds is 7. The second-order valence-electron chi connectivity index (χ2n) is 5.03. The molecule has 0 fully saturated rings. The number of esters is 1. The monoisotopic (exact) mass is 415 g/mol. The van der Waals surface area contributed by atoms with Gasteiger partial charge in [-0.1, -0.05) is 41.4 Å². The van der Waals surface area contributed by atoms with Gasteiger partial charge < -0.3 is 14.8 Å². The number of anilines is 1. The quantitative estimate of drug-likeness (QED) is 0.521. The summed E-state index contributed by atoms with van der Waals surface area (Å²) < 4.78 is 33.1. The van der Waals surface area contributed by atoms with E-state index in [-0.39, 0.29) is 21.5 Å². The van der Waals surface area contributed by atoms with Crippen LogP contribution in [0.25, 0.3) is 6.08 Å². The number of ether oxygens (including phenoxy) is 2. The van der Waals surface area contributed by atoms with Crippen LogP contribution in [0.15, 0.2) is 48.5 Å². The third kappa shape index (κ3) is 6.88. The standard InChI is InChI=1S/C18H13Cl2F2NO4/c19-13-2-1-3-14(20)17(13)23-15(24)10-26-16(25)9-6-11-4-7-12(8-5-11)27-18(21)22/h1-9,18H,10H2,(H,23,24)/b9-6+. The number of carbonyl (C=O) groups is 2. The Morgan fingerprint density at radius 3 is 2.30 bits per heavy atom. The van der Waals surface area contributed by atoms with Crippen LogP contribution in [-0.4, -0.2) is 25.1 Å². The highest BCUT2D eigenvalue weighted by molar-refractivity contribution is 6.39. The Morgan fingerprint density at radius 1 is 1.07 bits per heavy atom. The van der Waals surface area contributed by atoms with Crippen molar-refractivity contribution in [2.75, 3.05) is 11.9 Å². The summed E-state index contributed by atoms with van der Waals surface area (Å²) in [6, 6.07) is 10.3. The van der Waals surface area contributed by atoms with Crippen LogP contribution < -0.4 is 10.1 Å². The molecule has 0 spiro atoms. The fourth-order valence-electron chi connectivity index (χ4n) is 1.90. The van der Waals surface area contributed by atoms with Crippen molar-refractivity contribution >= 4 is 46.8 Å². The van der Waals surface area contributed by atoms with Gasteiger partial charge in [0.1, 0.15) is 5.75 Å². The fraction of sp³-hybridized carbons (Fsp3) is 0.111. The van der Waals surface area contributed by atoms with Gasteiger partial charge in [-0.05, 0) is 35.9 Å². The van der Waals surface area contributed by atoms with E-state index in [4.69, 9.17) is 27.9 Å². The highest BCUT2D eigenvalue weighted by Gasteiger charge is 2.11. The minimum absolute atomic E-state index is 0.000342. The molecule has 0 saturated heterocycles. The Bertz CT molecular complexity index is 822. The number of hydrogen-bond donors (Lipinski definition) is 1. The Labute approximate surface area is 163 Å². The highest BCUT2D eigenvalue weighted by Crippen LogP contribution is 2.29. The first-order valence-corrected chi connectivity index (χ1v) is 8.24. The van der Waals surface area contributed by atoms with Crippen molar-refractivity contribution in [3.63, 3.8) is 0 Å². The molecule has 2 aromatic rings. The molecule has 27 heavy (non-hydrogen) atoms. The largest absolute Gasteiger partial charge is 0.452 e. The van der Waals surface area contributed by atoms with Gasteiger partial charge in [-0.3, -0.25) is 4.79 Å². The molecule has 2 rings (SSSR count). The van der Waals surface area contributed by atoms with E-state index in [0.29, 0.717) is 5.56 Å². The van der Waals surface area contributed by atoms with Gasteiger partial charge in [0, 0.05) is 6.08 Å². The van der Waals surface area contributed by atoms with Crippen LogP contribution in [0.4, 0.5) is 14.5 Å². The number of nitrogens with one attached hydrogen (secondary N) is 1. The second-order valence-corrected chi connectivity index (χ2v) is 5.85. The number of alkyl halides is 2. The summed E-state index contributed by atoms with van der Waals surface area (Å²) in [5, 5.41) is 2.95. The summed E-state index contributed by atoms with van der Waals surface area (Å²) in [6.07, 6.45) is 2.50. The first kappa shape index (κ1) is 20.7. The normalized spacial score (nSPS) is 10.9. The van der Waals surface area contributed by atoms with Crippen molar-refractivity contribution in [1.29, 1.82) is 0 Å². The lowest BCUT2D eigenvalue weighted by atomic mass is 10.2. The van der Waals surface area contributed by atoms with E-state index in [2.05, 4.69) is 10.1 Å². The first-order valence-electron chi connectivity index (χ1n) is 7.48. The van der Waals surface area contributed by atoms with Crippen molar-refractivity contribution < 1.29 is 27.8 Å². The zero-order chi connectivity index (χ0) is 19.8. The number of amides is 1. The molecule has 1 N–H and O–H groups in total. The van der Waals surface area contributed by atoms with Crippen molar-refractivity contribution in [2.45, 2.75) is 6.61 Å². The van der Waals surface area contributed by atoms with E-state index in [1.54, 1.807) is 18.2 Å². The highest BCUT2D eigenvalue weighted by atomic mass is 35.5. The number of halogens is 4. The summed E-state index contributed by atoms with van der Waals surface area (Å²) in [5.74, 6) is -1.37. The predicted molar refractivity (Wildman–Crippen MR) is 98.2 cm³/mol. The molecule has 9 heteroatoms. The van der Waals surface area contributed by atoms with E-state index in [1.165, 1.54) is 30.3 Å². The molecule has 0 heterocycles. The van der Waals surface area contributed by atoms with Crippen LogP contribution >= 0.6 is 23.2 Å². The molecular formula is C18H13Cl2F2NO4. The van der Waals surface area contributed by atoms with Crippen molar-refractivity contribution in [2.24, 2.45) is 0 Å². The average Bonchev–Trinajstić information content (AvgIpc) is 2.62. The molecule has 0 aromatic heterocycles. The predicted octanol–water partition coefficient (Wildman–Crippen LogP) is 4.79. The summed E-state index contributed by atoms with van der Waals surface area (Å²) >= 11 is 11.8. The summed E-state index contributed by atoms with van der Waals surface area (Å²) in [5.41, 5.74) is 0.782. The zero-order valence-corrected chi connectivity index (χ0v) is 15.1. The minimum atomic E-state index is -2.91. The molecule has 0 radical (unpaired) electrons. The second kappa shape index (κ2) is 9.89. The smallest absolute Gasteiger partial charge is 0.387 e. The van der Waals surface area contributed by atoms with Crippen LogP contribution in [0.1, 0.15) is 5.56 Å². The molecule has 2 aromatic carbocycles. The topological polar surface area (TPSA) is 64.6 Å². The molecule has 142 valence electrons. The van der Waals surface area contributed by atoms with Crippen LogP contribution in [0, 0.1) is 0 Å². The molecule has 0 saturated carbocycles. The maximum absolute atomic E-state index is 12.1. The number of carbonyl (C=O) groups excluding carboxylic acids is 2. The van der Waals surface area contributed by atoms with Crippen molar-refractivity contribution in [1.82, 2.24) is 0 Å². The maximum atomic E-state index is 12.1. The van der Waals surface area contributed by atoms with Crippen molar-refractivity contribution in [3.8, 4) is 5.75 Å². The number of hydrogen-bond acceptors (Lipinski definition) is 4. The molecule has 5 nitrogen and oxygen atoms in total. The third-order valence-corrected chi connectivity index (χ3v) is 3.72. The molecule has 0 atom stereocenters. The third-order valence-electron chi connectivity index (χ3n) is 3.09. The van der Waals surface area contributed by atoms with Gasteiger partial charge in [0.15, 0.2) is 6.61 Å². The van der Waals surface area contributed by atoms with E-state index in [0.717, 1.165) is 6.08 Å². The molecule has 0 aliphatic heterocycles. The Hall–Kier alpha value is -2.64. The minimum Gasteiger partial charge on any atom is -0.452 e. The average molecular weight is 416 g/mol. The van der Waals surface area contributed by atoms with E-state index < -0.39 is 25.1 Å². The summed E-state index contributed by atoms with van der Waals surface area (Å²) in [6.45, 7) is -3.44. The first-order chi connectivity index (χ1) is 12.8. The molecule has 1 amide bonds. The molecular weight excluding hydrogens is 403 g/mol. The molecule has 0 unspecified atom stereocenters. The van der Waals surface area contributed by atoms with Gasteiger partial charge >= 0.3 is 12.6 Å². The zero-order valence-electron chi connectivity index (χ0n) is 13.6. The molecule has 0 aliphatic carbocycles. The fourth-order valence-corrected chi connectivity index (χ4v) is 2.39. The van der Waals surface area contributed by atoms with Gasteiger partial charge in [0.05, 0.1) is 15.7 Å². The van der Waals surface area contributed by atoms with Crippen LogP contribution in [-0.2, 0) is 14.3 Å². The van der Waals surface area contributed by atoms with Gasteiger partial charge in [-0.25, -0.2) is 4.79 Å². The lowest BCUT2D eigenvalue weighted by Crippen LogP contribution is -2.20. The van der Waals surface area contributed by atoms with Gasteiger partial charge in [0.2, 0.25) is 0 Å². The van der Waals surface area contributed by atoms with E-state index in [1.807, 2.05) is 0 Å². The SMILES string of the molecule is O=C(COC(=O)/C=C/c1ccc(OC(F)F)cc1)Nc1c(Cl)cccc1Cl. The Morgan fingerprint density at radius 2 is 1.70 bits per heavy atom.